The van der Waals surface area contributed by atoms with E-state index >= 15 is 0 Å². The maximum Gasteiger partial charge on any atom is 0.0622 e. The molecule has 0 aliphatic carbocycles. The Morgan fingerprint density at radius 2 is 2.27 bits per heavy atom. The summed E-state index contributed by atoms with van der Waals surface area (Å²) in [6.45, 7) is 3.18. The summed E-state index contributed by atoms with van der Waals surface area (Å²) in [4.78, 5) is 2.53. The fourth-order valence-electron chi connectivity index (χ4n) is 3.53. The van der Waals surface area contributed by atoms with E-state index in [1.807, 2.05) is 0 Å². The number of hydrogen-bond acceptors (Lipinski definition) is 3. The molecule has 0 radical (unpaired) electrons. The van der Waals surface area contributed by atoms with E-state index in [9.17, 15) is 0 Å². The average Bonchev–Trinajstić information content (AvgIpc) is 2.95. The molecule has 3 saturated heterocycles. The van der Waals surface area contributed by atoms with Crippen LogP contribution >= 0.6 is 0 Å². The van der Waals surface area contributed by atoms with Gasteiger partial charge in [0.05, 0.1) is 6.61 Å². The predicted molar refractivity (Wildman–Crippen MR) is 59.9 cm³/mol. The van der Waals surface area contributed by atoms with Crippen molar-refractivity contribution in [3.05, 3.63) is 0 Å². The molecule has 4 atom stereocenters. The summed E-state index contributed by atoms with van der Waals surface area (Å²) >= 11 is 0. The van der Waals surface area contributed by atoms with Gasteiger partial charge in [-0.3, -0.25) is 0 Å². The summed E-state index contributed by atoms with van der Waals surface area (Å²) in [5.41, 5.74) is 0. The Morgan fingerprint density at radius 3 is 2.87 bits per heavy atom. The third-order valence-corrected chi connectivity index (χ3v) is 4.48. The first-order valence-electron chi connectivity index (χ1n) is 6.37. The van der Waals surface area contributed by atoms with Gasteiger partial charge in [-0.15, -0.1) is 0 Å². The molecule has 86 valence electrons. The van der Waals surface area contributed by atoms with Crippen LogP contribution in [0.1, 0.15) is 25.7 Å². The number of likely N-dealkylation sites (N-methyl/N-ethyl adjacent to an activating group) is 1. The smallest absolute Gasteiger partial charge is 0.0622 e. The van der Waals surface area contributed by atoms with E-state index in [4.69, 9.17) is 4.74 Å². The highest BCUT2D eigenvalue weighted by molar-refractivity contribution is 4.98. The SMILES string of the molecule is CN(CC1CC2CCC1N2)C1CCOC1. The van der Waals surface area contributed by atoms with E-state index in [1.54, 1.807) is 0 Å². The van der Waals surface area contributed by atoms with Crippen molar-refractivity contribution in [2.24, 2.45) is 5.92 Å². The van der Waals surface area contributed by atoms with Crippen LogP contribution in [0, 0.1) is 5.92 Å². The van der Waals surface area contributed by atoms with Gasteiger partial charge < -0.3 is 15.0 Å². The van der Waals surface area contributed by atoms with Crippen LogP contribution in [0.4, 0.5) is 0 Å². The lowest BCUT2D eigenvalue weighted by Crippen LogP contribution is -2.39. The fraction of sp³-hybridized carbons (Fsp3) is 1.00. The Kier molecular flexibility index (Phi) is 2.71. The largest absolute Gasteiger partial charge is 0.380 e. The van der Waals surface area contributed by atoms with Crippen LogP contribution in [0.5, 0.6) is 0 Å². The van der Waals surface area contributed by atoms with Crippen molar-refractivity contribution in [2.75, 3.05) is 26.8 Å². The van der Waals surface area contributed by atoms with Crippen LogP contribution in [0.15, 0.2) is 0 Å². The van der Waals surface area contributed by atoms with Crippen LogP contribution in [-0.2, 0) is 4.74 Å². The van der Waals surface area contributed by atoms with Gasteiger partial charge in [-0.25, -0.2) is 0 Å². The molecule has 0 aromatic heterocycles. The van der Waals surface area contributed by atoms with Gasteiger partial charge in [-0.2, -0.15) is 0 Å². The van der Waals surface area contributed by atoms with E-state index in [1.165, 1.54) is 32.2 Å². The topological polar surface area (TPSA) is 24.5 Å². The molecule has 3 nitrogen and oxygen atoms in total. The van der Waals surface area contributed by atoms with Crippen molar-refractivity contribution in [1.82, 2.24) is 10.2 Å². The molecule has 3 fully saturated rings. The summed E-state index contributed by atoms with van der Waals surface area (Å²) in [5, 5.41) is 3.72. The Morgan fingerprint density at radius 1 is 1.33 bits per heavy atom. The predicted octanol–water partition coefficient (Wildman–Crippen LogP) is 0.848. The molecule has 0 spiro atoms. The highest BCUT2D eigenvalue weighted by Crippen LogP contribution is 2.33. The number of rotatable bonds is 3. The molecule has 3 rings (SSSR count). The average molecular weight is 210 g/mol. The summed E-state index contributed by atoms with van der Waals surface area (Å²) in [5.74, 6) is 0.898. The Bertz CT molecular complexity index is 228. The lowest BCUT2D eigenvalue weighted by molar-refractivity contribution is 0.144. The van der Waals surface area contributed by atoms with Gasteiger partial charge in [-0.05, 0) is 38.6 Å². The monoisotopic (exact) mass is 210 g/mol. The Hall–Kier alpha value is -0.120. The zero-order chi connectivity index (χ0) is 10.3. The molecule has 15 heavy (non-hydrogen) atoms. The van der Waals surface area contributed by atoms with E-state index in [-0.39, 0.29) is 0 Å². The summed E-state index contributed by atoms with van der Waals surface area (Å²) in [7, 11) is 2.27. The van der Waals surface area contributed by atoms with Crippen LogP contribution in [0.3, 0.4) is 0 Å². The van der Waals surface area contributed by atoms with Gasteiger partial charge in [-0.1, -0.05) is 0 Å². The minimum absolute atomic E-state index is 0.684. The summed E-state index contributed by atoms with van der Waals surface area (Å²) in [6, 6.07) is 2.34. The van der Waals surface area contributed by atoms with E-state index in [0.717, 1.165) is 31.2 Å². The molecule has 0 saturated carbocycles. The number of nitrogens with zero attached hydrogens (tertiary/aromatic N) is 1. The Balaban J connectivity index is 1.52. The van der Waals surface area contributed by atoms with E-state index in [0.29, 0.717) is 6.04 Å². The zero-order valence-electron chi connectivity index (χ0n) is 9.61. The molecule has 2 bridgehead atoms. The first-order valence-corrected chi connectivity index (χ1v) is 6.37. The van der Waals surface area contributed by atoms with Gasteiger partial charge in [0.2, 0.25) is 0 Å². The van der Waals surface area contributed by atoms with Gasteiger partial charge in [0.15, 0.2) is 0 Å². The Labute approximate surface area is 92.2 Å². The molecule has 1 N–H and O–H groups in total. The van der Waals surface area contributed by atoms with Gasteiger partial charge in [0, 0.05) is 31.3 Å². The molecule has 4 unspecified atom stereocenters. The number of fused-ring (bicyclic) bond motifs is 2. The second kappa shape index (κ2) is 4.04. The second-order valence-electron chi connectivity index (χ2n) is 5.50. The first kappa shape index (κ1) is 10.1. The van der Waals surface area contributed by atoms with Crippen LogP contribution in [-0.4, -0.2) is 49.8 Å². The lowest BCUT2D eigenvalue weighted by Gasteiger charge is -2.29. The third kappa shape index (κ3) is 1.93. The molecule has 3 aliphatic heterocycles. The van der Waals surface area contributed by atoms with Crippen LogP contribution in [0.25, 0.3) is 0 Å². The number of hydrogen-bond donors (Lipinski definition) is 1. The molecule has 0 aromatic carbocycles. The normalized spacial score (nSPS) is 44.4. The van der Waals surface area contributed by atoms with E-state index < -0.39 is 0 Å². The molecular weight excluding hydrogens is 188 g/mol. The summed E-state index contributed by atoms with van der Waals surface area (Å²) < 4.78 is 5.45. The highest BCUT2D eigenvalue weighted by Gasteiger charge is 2.39. The molecule has 3 heterocycles. The molecular formula is C12H22N2O. The zero-order valence-corrected chi connectivity index (χ0v) is 9.61. The van der Waals surface area contributed by atoms with Gasteiger partial charge in [0.1, 0.15) is 0 Å². The molecule has 3 aliphatic rings. The van der Waals surface area contributed by atoms with Crippen LogP contribution in [0.2, 0.25) is 0 Å². The molecule has 3 heteroatoms. The quantitative estimate of drug-likeness (QED) is 0.747. The van der Waals surface area contributed by atoms with Crippen LogP contribution < -0.4 is 5.32 Å². The van der Waals surface area contributed by atoms with Crippen molar-refractivity contribution >= 4 is 0 Å². The minimum Gasteiger partial charge on any atom is -0.380 e. The minimum atomic E-state index is 0.684. The lowest BCUT2D eigenvalue weighted by atomic mass is 9.88. The second-order valence-corrected chi connectivity index (χ2v) is 5.50. The maximum atomic E-state index is 5.45. The van der Waals surface area contributed by atoms with E-state index in [2.05, 4.69) is 17.3 Å². The fourth-order valence-corrected chi connectivity index (χ4v) is 3.53. The van der Waals surface area contributed by atoms with Crippen molar-refractivity contribution in [2.45, 2.75) is 43.8 Å². The van der Waals surface area contributed by atoms with Gasteiger partial charge >= 0.3 is 0 Å². The standard InChI is InChI=1S/C12H22N2O/c1-14(11-4-5-15-8-11)7-9-6-10-2-3-12(9)13-10/h9-13H,2-8H2,1H3. The van der Waals surface area contributed by atoms with Crippen molar-refractivity contribution < 1.29 is 4.74 Å². The molecule has 0 aromatic rings. The van der Waals surface area contributed by atoms with Crippen molar-refractivity contribution in [3.8, 4) is 0 Å². The van der Waals surface area contributed by atoms with Crippen molar-refractivity contribution in [3.63, 3.8) is 0 Å². The molecule has 0 amide bonds. The maximum absolute atomic E-state index is 5.45. The van der Waals surface area contributed by atoms with Crippen molar-refractivity contribution in [1.29, 1.82) is 0 Å². The first-order chi connectivity index (χ1) is 7.33. The summed E-state index contributed by atoms with van der Waals surface area (Å²) in [6.07, 6.45) is 5.45. The number of ether oxygens (including phenoxy) is 1. The highest BCUT2D eigenvalue weighted by atomic mass is 16.5. The number of nitrogens with one attached hydrogen (secondary N) is 1. The third-order valence-electron chi connectivity index (χ3n) is 4.48. The van der Waals surface area contributed by atoms with Gasteiger partial charge in [0.25, 0.3) is 0 Å².